The molecule has 0 spiro atoms. The summed E-state index contributed by atoms with van der Waals surface area (Å²) in [5.74, 6) is -0.610. The van der Waals surface area contributed by atoms with Crippen LogP contribution < -0.4 is 4.74 Å². The minimum atomic E-state index is -4.38. The lowest BCUT2D eigenvalue weighted by molar-refractivity contribution is -0.138. The highest BCUT2D eigenvalue weighted by Gasteiger charge is 2.29. The van der Waals surface area contributed by atoms with Crippen LogP contribution in [0.2, 0.25) is 0 Å². The summed E-state index contributed by atoms with van der Waals surface area (Å²) in [7, 11) is 0. The number of benzene rings is 1. The molecule has 2 heterocycles. The summed E-state index contributed by atoms with van der Waals surface area (Å²) in [5.41, 5.74) is 0.977. The van der Waals surface area contributed by atoms with E-state index in [1.54, 1.807) is 19.1 Å². The Hall–Kier alpha value is -4.03. The van der Waals surface area contributed by atoms with Gasteiger partial charge >= 0.3 is 12.1 Å². The number of carboxylic acid groups (broad SMARTS) is 1. The Kier molecular flexibility index (Phi) is 6.97. The molecule has 0 amide bonds. The second-order valence-corrected chi connectivity index (χ2v) is 6.45. The SMILES string of the molecule is CC(=NOCc1ccc(C(F)(F)F)cc1)c1ccc(OCc2nnn(CC(=O)O)n2)nc1. The molecule has 3 aromatic rings. The van der Waals surface area contributed by atoms with Gasteiger partial charge in [0.05, 0.1) is 11.3 Å². The molecule has 1 N–H and O–H groups in total. The fourth-order valence-electron chi connectivity index (χ4n) is 2.39. The molecule has 0 saturated carbocycles. The van der Waals surface area contributed by atoms with Gasteiger partial charge in [0.15, 0.2) is 13.2 Å². The summed E-state index contributed by atoms with van der Waals surface area (Å²) >= 11 is 0. The lowest BCUT2D eigenvalue weighted by Gasteiger charge is -2.07. The van der Waals surface area contributed by atoms with Crippen LogP contribution >= 0.6 is 0 Å². The first-order chi connectivity index (χ1) is 15.2. The molecule has 0 atom stereocenters. The van der Waals surface area contributed by atoms with Gasteiger partial charge in [-0.3, -0.25) is 4.79 Å². The maximum atomic E-state index is 12.6. The number of halogens is 3. The van der Waals surface area contributed by atoms with Crippen LogP contribution in [0.3, 0.4) is 0 Å². The Balaban J connectivity index is 1.49. The van der Waals surface area contributed by atoms with Crippen molar-refractivity contribution in [3.8, 4) is 5.88 Å². The zero-order chi connectivity index (χ0) is 23.1. The molecule has 3 rings (SSSR count). The Morgan fingerprint density at radius 2 is 1.91 bits per heavy atom. The van der Waals surface area contributed by atoms with Gasteiger partial charge in [0.1, 0.15) is 6.61 Å². The van der Waals surface area contributed by atoms with E-state index in [9.17, 15) is 18.0 Å². The molecule has 0 saturated heterocycles. The van der Waals surface area contributed by atoms with Crippen molar-refractivity contribution in [2.24, 2.45) is 5.16 Å². The first-order valence-electron chi connectivity index (χ1n) is 9.11. The van der Waals surface area contributed by atoms with Crippen molar-refractivity contribution in [2.75, 3.05) is 0 Å². The first-order valence-corrected chi connectivity index (χ1v) is 9.11. The Morgan fingerprint density at radius 1 is 1.16 bits per heavy atom. The van der Waals surface area contributed by atoms with Crippen LogP contribution in [0.1, 0.15) is 29.4 Å². The number of aliphatic carboxylic acids is 1. The molecule has 2 aromatic heterocycles. The summed E-state index contributed by atoms with van der Waals surface area (Å²) in [5, 5.41) is 23.7. The van der Waals surface area contributed by atoms with Gasteiger partial charge in [-0.25, -0.2) is 4.98 Å². The van der Waals surface area contributed by atoms with Gasteiger partial charge in [-0.1, -0.05) is 17.3 Å². The third-order valence-corrected chi connectivity index (χ3v) is 3.99. The largest absolute Gasteiger partial charge is 0.480 e. The van der Waals surface area contributed by atoms with Crippen LogP contribution in [0.15, 0.2) is 47.8 Å². The van der Waals surface area contributed by atoms with E-state index >= 15 is 0 Å². The fourth-order valence-corrected chi connectivity index (χ4v) is 2.39. The van der Waals surface area contributed by atoms with E-state index < -0.39 is 24.3 Å². The summed E-state index contributed by atoms with van der Waals surface area (Å²) in [6, 6.07) is 7.91. The van der Waals surface area contributed by atoms with E-state index in [4.69, 9.17) is 14.7 Å². The Labute approximate surface area is 179 Å². The van der Waals surface area contributed by atoms with Gasteiger partial charge in [0.25, 0.3) is 0 Å². The summed E-state index contributed by atoms with van der Waals surface area (Å²) in [4.78, 5) is 20.9. The monoisotopic (exact) mass is 450 g/mol. The van der Waals surface area contributed by atoms with Crippen molar-refractivity contribution in [1.82, 2.24) is 25.2 Å². The molecule has 13 heteroatoms. The number of ether oxygens (including phenoxy) is 1. The quantitative estimate of drug-likeness (QED) is 0.390. The molecular formula is C19H17F3N6O4. The topological polar surface area (TPSA) is 125 Å². The highest BCUT2D eigenvalue weighted by molar-refractivity contribution is 5.98. The van der Waals surface area contributed by atoms with Crippen molar-refractivity contribution in [1.29, 1.82) is 0 Å². The van der Waals surface area contributed by atoms with Crippen LogP contribution in [-0.4, -0.2) is 42.0 Å². The number of tetrazole rings is 1. The van der Waals surface area contributed by atoms with Crippen molar-refractivity contribution < 1.29 is 32.6 Å². The van der Waals surface area contributed by atoms with E-state index in [1.807, 2.05) is 0 Å². The van der Waals surface area contributed by atoms with E-state index in [-0.39, 0.29) is 24.9 Å². The Bertz CT molecular complexity index is 1080. The van der Waals surface area contributed by atoms with E-state index in [0.29, 0.717) is 16.8 Å². The number of alkyl halides is 3. The van der Waals surface area contributed by atoms with E-state index in [1.165, 1.54) is 18.3 Å². The number of oxime groups is 1. The molecule has 0 fully saturated rings. The summed E-state index contributed by atoms with van der Waals surface area (Å²) < 4.78 is 43.1. The number of hydrogen-bond donors (Lipinski definition) is 1. The lowest BCUT2D eigenvalue weighted by Crippen LogP contribution is -2.12. The van der Waals surface area contributed by atoms with Crippen molar-refractivity contribution in [3.05, 3.63) is 65.1 Å². The molecule has 168 valence electrons. The number of nitrogens with zero attached hydrogens (tertiary/aromatic N) is 6. The van der Waals surface area contributed by atoms with Crippen molar-refractivity contribution in [3.63, 3.8) is 0 Å². The molecule has 1 aromatic carbocycles. The smallest absolute Gasteiger partial charge is 0.416 e. The van der Waals surface area contributed by atoms with Crippen LogP contribution in [-0.2, 0) is 35.6 Å². The second kappa shape index (κ2) is 9.85. The Morgan fingerprint density at radius 3 is 2.53 bits per heavy atom. The predicted octanol–water partition coefficient (Wildman–Crippen LogP) is 2.69. The number of pyridine rings is 1. The highest BCUT2D eigenvalue weighted by Crippen LogP contribution is 2.29. The third-order valence-electron chi connectivity index (χ3n) is 3.99. The molecule has 32 heavy (non-hydrogen) atoms. The molecule has 0 bridgehead atoms. The van der Waals surface area contributed by atoms with E-state index in [0.717, 1.165) is 16.9 Å². The zero-order valence-electron chi connectivity index (χ0n) is 16.7. The van der Waals surface area contributed by atoms with Gasteiger partial charge in [-0.2, -0.15) is 18.0 Å². The molecule has 0 unspecified atom stereocenters. The van der Waals surface area contributed by atoms with Crippen LogP contribution in [0.4, 0.5) is 13.2 Å². The summed E-state index contributed by atoms with van der Waals surface area (Å²) in [6.45, 7) is 1.25. The standard InChI is InChI=1S/C19H17F3N6O4/c1-12(26-32-10-13-2-5-15(6-3-13)19(20,21)22)14-4-7-17(23-8-14)31-11-16-24-27-28(25-16)9-18(29)30/h2-8H,9-11H2,1H3,(H,29,30). The van der Waals surface area contributed by atoms with Crippen molar-refractivity contribution >= 4 is 11.7 Å². The lowest BCUT2D eigenvalue weighted by atomic mass is 10.1. The molecule has 0 radical (unpaired) electrons. The highest BCUT2D eigenvalue weighted by atomic mass is 19.4. The summed E-state index contributed by atoms with van der Waals surface area (Å²) in [6.07, 6.45) is -2.88. The van der Waals surface area contributed by atoms with Crippen molar-refractivity contribution in [2.45, 2.75) is 32.9 Å². The van der Waals surface area contributed by atoms with Gasteiger partial charge in [0, 0.05) is 17.8 Å². The first kappa shape index (κ1) is 22.7. The fraction of sp³-hybridized carbons (Fsp3) is 0.263. The maximum absolute atomic E-state index is 12.6. The molecule has 0 aliphatic carbocycles. The third kappa shape index (κ3) is 6.48. The second-order valence-electron chi connectivity index (χ2n) is 6.45. The van der Waals surface area contributed by atoms with E-state index in [2.05, 4.69) is 25.6 Å². The van der Waals surface area contributed by atoms with Crippen LogP contribution in [0.5, 0.6) is 5.88 Å². The average molecular weight is 450 g/mol. The van der Waals surface area contributed by atoms with Gasteiger partial charge < -0.3 is 14.7 Å². The molecule has 10 nitrogen and oxygen atoms in total. The number of carbonyl (C=O) groups is 1. The van der Waals surface area contributed by atoms with Gasteiger partial charge in [0.2, 0.25) is 11.7 Å². The number of hydrogen-bond acceptors (Lipinski definition) is 8. The predicted molar refractivity (Wildman–Crippen MR) is 102 cm³/mol. The van der Waals surface area contributed by atoms with Gasteiger partial charge in [-0.05, 0) is 35.9 Å². The molecule has 0 aliphatic heterocycles. The zero-order valence-corrected chi connectivity index (χ0v) is 16.7. The minimum absolute atomic E-state index is 0.0136. The van der Waals surface area contributed by atoms with Crippen LogP contribution in [0.25, 0.3) is 0 Å². The minimum Gasteiger partial charge on any atom is -0.480 e. The van der Waals surface area contributed by atoms with Crippen LogP contribution in [0, 0.1) is 0 Å². The normalized spacial score (nSPS) is 11.9. The van der Waals surface area contributed by atoms with Gasteiger partial charge in [-0.15, -0.1) is 10.2 Å². The molecular weight excluding hydrogens is 433 g/mol. The number of aromatic nitrogens is 5. The average Bonchev–Trinajstić information content (AvgIpc) is 3.19. The maximum Gasteiger partial charge on any atom is 0.416 e. The number of carboxylic acids is 1. The molecule has 0 aliphatic rings. The number of rotatable bonds is 9.